The van der Waals surface area contributed by atoms with Crippen molar-refractivity contribution in [2.24, 2.45) is 5.73 Å². The van der Waals surface area contributed by atoms with Crippen LogP contribution in [0.25, 0.3) is 0 Å². The van der Waals surface area contributed by atoms with Crippen molar-refractivity contribution in [3.8, 4) is 5.75 Å². The highest BCUT2D eigenvalue weighted by molar-refractivity contribution is 6.42. The summed E-state index contributed by atoms with van der Waals surface area (Å²) in [6, 6.07) is 3.19. The Labute approximate surface area is 88.0 Å². The Morgan fingerprint density at radius 2 is 1.67 bits per heavy atom. The lowest BCUT2D eigenvalue weighted by Crippen LogP contribution is -2.23. The van der Waals surface area contributed by atoms with Gasteiger partial charge in [0.05, 0.1) is 7.11 Å². The van der Waals surface area contributed by atoms with Crippen LogP contribution in [0, 0.1) is 13.8 Å². The molecule has 0 heterocycles. The maximum Gasteiger partial charge on any atom is 0.289 e. The molecule has 4 nitrogen and oxygen atoms in total. The molecular formula is C11H13NO3. The molecule has 0 aliphatic heterocycles. The fourth-order valence-corrected chi connectivity index (χ4v) is 1.55. The first-order valence-corrected chi connectivity index (χ1v) is 4.46. The fraction of sp³-hybridized carbons (Fsp3) is 0.273. The van der Waals surface area contributed by atoms with Gasteiger partial charge in [-0.05, 0) is 37.1 Å². The van der Waals surface area contributed by atoms with Crippen LogP contribution in [0.4, 0.5) is 0 Å². The van der Waals surface area contributed by atoms with E-state index in [4.69, 9.17) is 10.5 Å². The van der Waals surface area contributed by atoms with E-state index < -0.39 is 11.7 Å². The molecule has 1 aromatic rings. The summed E-state index contributed by atoms with van der Waals surface area (Å²) in [6.45, 7) is 3.62. The van der Waals surface area contributed by atoms with Crippen molar-refractivity contribution in [1.82, 2.24) is 0 Å². The number of ether oxygens (including phenoxy) is 1. The van der Waals surface area contributed by atoms with E-state index in [1.54, 1.807) is 19.2 Å². The maximum atomic E-state index is 11.3. The van der Waals surface area contributed by atoms with E-state index in [0.29, 0.717) is 5.56 Å². The standard InChI is InChI=1S/C11H13NO3/c1-6-4-8(9(13)11(12)14)5-7(2)10(6)15-3/h4-5H,1-3H3,(H2,12,14). The second-order valence-electron chi connectivity index (χ2n) is 3.34. The Hall–Kier alpha value is -1.84. The van der Waals surface area contributed by atoms with Crippen molar-refractivity contribution >= 4 is 11.7 Å². The van der Waals surface area contributed by atoms with Gasteiger partial charge >= 0.3 is 0 Å². The number of rotatable bonds is 3. The molecule has 80 valence electrons. The number of carbonyl (C=O) groups is 2. The van der Waals surface area contributed by atoms with Crippen LogP contribution >= 0.6 is 0 Å². The second-order valence-corrected chi connectivity index (χ2v) is 3.34. The molecule has 0 aliphatic rings. The third kappa shape index (κ3) is 2.15. The molecule has 0 aliphatic carbocycles. The summed E-state index contributed by atoms with van der Waals surface area (Å²) < 4.78 is 5.14. The minimum Gasteiger partial charge on any atom is -0.496 e. The van der Waals surface area contributed by atoms with Crippen molar-refractivity contribution in [1.29, 1.82) is 0 Å². The predicted molar refractivity (Wildman–Crippen MR) is 56.0 cm³/mol. The Kier molecular flexibility index (Phi) is 3.09. The summed E-state index contributed by atoms with van der Waals surface area (Å²) in [6.07, 6.45) is 0. The largest absolute Gasteiger partial charge is 0.496 e. The molecule has 0 unspecified atom stereocenters. The number of benzene rings is 1. The van der Waals surface area contributed by atoms with Crippen LogP contribution in [-0.4, -0.2) is 18.8 Å². The molecule has 0 radical (unpaired) electrons. The highest BCUT2D eigenvalue weighted by Gasteiger charge is 2.15. The van der Waals surface area contributed by atoms with Gasteiger partial charge < -0.3 is 10.5 Å². The van der Waals surface area contributed by atoms with E-state index in [0.717, 1.165) is 16.9 Å². The van der Waals surface area contributed by atoms with Gasteiger partial charge in [-0.1, -0.05) is 0 Å². The van der Waals surface area contributed by atoms with Gasteiger partial charge in [-0.15, -0.1) is 0 Å². The van der Waals surface area contributed by atoms with Crippen LogP contribution in [-0.2, 0) is 4.79 Å². The Bertz CT molecular complexity index is 401. The minimum absolute atomic E-state index is 0.304. The topological polar surface area (TPSA) is 69.4 Å². The molecule has 2 N–H and O–H groups in total. The monoisotopic (exact) mass is 207 g/mol. The number of amides is 1. The number of hydrogen-bond donors (Lipinski definition) is 1. The van der Waals surface area contributed by atoms with E-state index in [1.165, 1.54) is 0 Å². The number of carbonyl (C=O) groups excluding carboxylic acids is 2. The number of methoxy groups -OCH3 is 1. The predicted octanol–water partition coefficient (Wildman–Crippen LogP) is 0.980. The van der Waals surface area contributed by atoms with E-state index in [2.05, 4.69) is 0 Å². The van der Waals surface area contributed by atoms with Crippen LogP contribution in [0.15, 0.2) is 12.1 Å². The Morgan fingerprint density at radius 3 is 2.00 bits per heavy atom. The molecule has 0 spiro atoms. The normalized spacial score (nSPS) is 9.80. The molecular weight excluding hydrogens is 194 g/mol. The van der Waals surface area contributed by atoms with Crippen molar-refractivity contribution < 1.29 is 14.3 Å². The Balaban J connectivity index is 3.26. The maximum absolute atomic E-state index is 11.3. The zero-order valence-electron chi connectivity index (χ0n) is 8.96. The van der Waals surface area contributed by atoms with Crippen molar-refractivity contribution in [2.75, 3.05) is 7.11 Å². The lowest BCUT2D eigenvalue weighted by molar-refractivity contribution is -0.114. The number of aryl methyl sites for hydroxylation is 2. The highest BCUT2D eigenvalue weighted by atomic mass is 16.5. The molecule has 0 saturated heterocycles. The number of ketones is 1. The third-order valence-electron chi connectivity index (χ3n) is 2.15. The number of nitrogens with two attached hydrogens (primary N) is 1. The Morgan fingerprint density at radius 1 is 1.20 bits per heavy atom. The first kappa shape index (κ1) is 11.2. The summed E-state index contributed by atoms with van der Waals surface area (Å²) >= 11 is 0. The average molecular weight is 207 g/mol. The van der Waals surface area contributed by atoms with Crippen molar-refractivity contribution in [3.05, 3.63) is 28.8 Å². The van der Waals surface area contributed by atoms with Crippen LogP contribution < -0.4 is 10.5 Å². The molecule has 0 fully saturated rings. The van der Waals surface area contributed by atoms with Crippen LogP contribution in [0.5, 0.6) is 5.75 Å². The smallest absolute Gasteiger partial charge is 0.289 e. The molecule has 0 atom stereocenters. The quantitative estimate of drug-likeness (QED) is 0.593. The molecule has 0 aromatic heterocycles. The molecule has 1 rings (SSSR count). The van der Waals surface area contributed by atoms with Gasteiger partial charge in [0.15, 0.2) is 0 Å². The van der Waals surface area contributed by atoms with Gasteiger partial charge in [0.2, 0.25) is 5.78 Å². The van der Waals surface area contributed by atoms with Crippen molar-refractivity contribution in [2.45, 2.75) is 13.8 Å². The van der Waals surface area contributed by atoms with Gasteiger partial charge in [-0.3, -0.25) is 9.59 Å². The second kappa shape index (κ2) is 4.13. The summed E-state index contributed by atoms with van der Waals surface area (Å²) in [4.78, 5) is 22.1. The molecule has 0 bridgehead atoms. The molecule has 1 aromatic carbocycles. The average Bonchev–Trinajstić information content (AvgIpc) is 2.15. The molecule has 1 amide bonds. The lowest BCUT2D eigenvalue weighted by atomic mass is 10.0. The first-order valence-electron chi connectivity index (χ1n) is 4.46. The minimum atomic E-state index is -0.945. The third-order valence-corrected chi connectivity index (χ3v) is 2.15. The van der Waals surface area contributed by atoms with E-state index in [-0.39, 0.29) is 0 Å². The van der Waals surface area contributed by atoms with Crippen LogP contribution in [0.1, 0.15) is 21.5 Å². The molecule has 0 saturated carbocycles. The number of primary amides is 1. The fourth-order valence-electron chi connectivity index (χ4n) is 1.55. The zero-order chi connectivity index (χ0) is 11.6. The summed E-state index contributed by atoms with van der Waals surface area (Å²) in [5.41, 5.74) is 6.84. The van der Waals surface area contributed by atoms with Crippen molar-refractivity contribution in [3.63, 3.8) is 0 Å². The molecule has 4 heteroatoms. The van der Waals surface area contributed by atoms with Gasteiger partial charge in [0.1, 0.15) is 5.75 Å². The first-order chi connectivity index (χ1) is 6.97. The van der Waals surface area contributed by atoms with Gasteiger partial charge in [-0.2, -0.15) is 0 Å². The summed E-state index contributed by atoms with van der Waals surface area (Å²) in [7, 11) is 1.56. The molecule has 15 heavy (non-hydrogen) atoms. The SMILES string of the molecule is COc1c(C)cc(C(=O)C(N)=O)cc1C. The van der Waals surface area contributed by atoms with E-state index in [1.807, 2.05) is 13.8 Å². The van der Waals surface area contributed by atoms with E-state index >= 15 is 0 Å². The summed E-state index contributed by atoms with van der Waals surface area (Å²) in [5.74, 6) is -0.904. The number of hydrogen-bond acceptors (Lipinski definition) is 3. The van der Waals surface area contributed by atoms with Crippen LogP contribution in [0.2, 0.25) is 0 Å². The van der Waals surface area contributed by atoms with Gasteiger partial charge in [0, 0.05) is 5.56 Å². The summed E-state index contributed by atoms with van der Waals surface area (Å²) in [5, 5.41) is 0. The van der Waals surface area contributed by atoms with Crippen LogP contribution in [0.3, 0.4) is 0 Å². The van der Waals surface area contributed by atoms with Gasteiger partial charge in [-0.25, -0.2) is 0 Å². The van der Waals surface area contributed by atoms with Gasteiger partial charge in [0.25, 0.3) is 5.91 Å². The highest BCUT2D eigenvalue weighted by Crippen LogP contribution is 2.24. The van der Waals surface area contributed by atoms with E-state index in [9.17, 15) is 9.59 Å². The zero-order valence-corrected chi connectivity index (χ0v) is 8.96. The number of Topliss-reactive ketones (excluding diaryl/α,β-unsaturated/α-hetero) is 1. The lowest BCUT2D eigenvalue weighted by Gasteiger charge is -2.09.